The van der Waals surface area contributed by atoms with Crippen LogP contribution >= 0.6 is 11.6 Å². The van der Waals surface area contributed by atoms with Crippen LogP contribution in [0.4, 0.5) is 5.69 Å². The standard InChI is InChI=1S/C26H20ClNO/c1-3-18-11-14-21(15-23(18)27)26-17(2)7-6-9-22(26)20-13-12-19-8-4-5-10-25(29)28-24(19)16-20/h3-4,6-7,9-16H,1,8H2,2H3,(H,28,29). The third-order valence-corrected chi connectivity index (χ3v) is 5.44. The van der Waals surface area contributed by atoms with E-state index in [2.05, 4.69) is 60.9 Å². The zero-order valence-corrected chi connectivity index (χ0v) is 16.9. The maximum Gasteiger partial charge on any atom is 0.256 e. The number of halogens is 1. The van der Waals surface area contributed by atoms with Crippen LogP contribution in [-0.4, -0.2) is 5.91 Å². The molecule has 2 nitrogen and oxygen atoms in total. The quantitative estimate of drug-likeness (QED) is 0.482. The number of hydrogen-bond acceptors (Lipinski definition) is 1. The third-order valence-electron chi connectivity index (χ3n) is 5.11. The van der Waals surface area contributed by atoms with Gasteiger partial charge in [0.1, 0.15) is 0 Å². The van der Waals surface area contributed by atoms with Crippen molar-refractivity contribution in [3.8, 4) is 22.3 Å². The molecule has 1 amide bonds. The van der Waals surface area contributed by atoms with E-state index in [0.29, 0.717) is 5.02 Å². The number of aryl methyl sites for hydroxylation is 1. The summed E-state index contributed by atoms with van der Waals surface area (Å²) in [6.07, 6.45) is 5.78. The van der Waals surface area contributed by atoms with E-state index in [9.17, 15) is 4.79 Å². The first-order valence-electron chi connectivity index (χ1n) is 9.44. The average molecular weight is 398 g/mol. The van der Waals surface area contributed by atoms with Gasteiger partial charge in [0.25, 0.3) is 5.91 Å². The lowest BCUT2D eigenvalue weighted by Gasteiger charge is -2.17. The number of rotatable bonds is 3. The minimum Gasteiger partial charge on any atom is -0.322 e. The van der Waals surface area contributed by atoms with Gasteiger partial charge >= 0.3 is 0 Å². The Kier molecular flexibility index (Phi) is 5.22. The highest BCUT2D eigenvalue weighted by molar-refractivity contribution is 6.32. The van der Waals surface area contributed by atoms with Crippen LogP contribution in [0.3, 0.4) is 0 Å². The highest BCUT2D eigenvalue weighted by atomic mass is 35.5. The molecule has 142 valence electrons. The molecule has 3 aromatic rings. The van der Waals surface area contributed by atoms with Crippen LogP contribution < -0.4 is 5.32 Å². The molecule has 0 spiro atoms. The molecular weight excluding hydrogens is 378 g/mol. The number of benzene rings is 3. The van der Waals surface area contributed by atoms with Crippen LogP contribution in [0.15, 0.2) is 79.1 Å². The number of amides is 1. The van der Waals surface area contributed by atoms with E-state index in [1.165, 1.54) is 6.08 Å². The van der Waals surface area contributed by atoms with Crippen molar-refractivity contribution >= 4 is 29.3 Å². The molecule has 1 aliphatic heterocycles. The zero-order valence-electron chi connectivity index (χ0n) is 16.1. The van der Waals surface area contributed by atoms with Crippen molar-refractivity contribution in [1.29, 1.82) is 0 Å². The molecule has 0 saturated heterocycles. The summed E-state index contributed by atoms with van der Waals surface area (Å²) in [5, 5.41) is 3.64. The maximum atomic E-state index is 12.0. The molecule has 3 heteroatoms. The molecule has 4 rings (SSSR count). The molecule has 0 saturated carbocycles. The molecule has 0 aromatic heterocycles. The van der Waals surface area contributed by atoms with Crippen LogP contribution in [0, 0.1) is 6.92 Å². The minimum absolute atomic E-state index is 0.171. The summed E-state index contributed by atoms with van der Waals surface area (Å²) in [5.74, 6) is -0.171. The lowest BCUT2D eigenvalue weighted by Crippen LogP contribution is -2.10. The SMILES string of the molecule is C=Cc1ccc(-c2c(C)cccc2-c2ccc3c(c2)NC(=O)C=C=CC3)cc1Cl. The Morgan fingerprint density at radius 3 is 2.72 bits per heavy atom. The van der Waals surface area contributed by atoms with Gasteiger partial charge in [0, 0.05) is 16.8 Å². The van der Waals surface area contributed by atoms with Crippen LogP contribution in [0.1, 0.15) is 16.7 Å². The lowest BCUT2D eigenvalue weighted by atomic mass is 9.89. The molecule has 0 radical (unpaired) electrons. The van der Waals surface area contributed by atoms with Crippen LogP contribution in [0.5, 0.6) is 0 Å². The van der Waals surface area contributed by atoms with Gasteiger partial charge in [-0.15, -0.1) is 5.73 Å². The number of fused-ring (bicyclic) bond motifs is 1. The minimum atomic E-state index is -0.171. The van der Waals surface area contributed by atoms with Crippen molar-refractivity contribution < 1.29 is 4.79 Å². The number of hydrogen-bond donors (Lipinski definition) is 1. The summed E-state index contributed by atoms with van der Waals surface area (Å²) in [4.78, 5) is 12.0. The molecule has 0 unspecified atom stereocenters. The molecule has 1 aliphatic rings. The van der Waals surface area contributed by atoms with Crippen molar-refractivity contribution in [3.63, 3.8) is 0 Å². The van der Waals surface area contributed by atoms with Gasteiger partial charge in [-0.2, -0.15) is 0 Å². The van der Waals surface area contributed by atoms with Crippen LogP contribution in [-0.2, 0) is 11.2 Å². The normalized spacial score (nSPS) is 12.7. The fourth-order valence-electron chi connectivity index (χ4n) is 3.65. The second kappa shape index (κ2) is 7.97. The predicted molar refractivity (Wildman–Crippen MR) is 122 cm³/mol. The van der Waals surface area contributed by atoms with E-state index in [1.54, 1.807) is 6.08 Å². The monoisotopic (exact) mass is 397 g/mol. The molecule has 0 aliphatic carbocycles. The summed E-state index contributed by atoms with van der Waals surface area (Å²) in [7, 11) is 0. The van der Waals surface area contributed by atoms with E-state index in [-0.39, 0.29) is 5.91 Å². The van der Waals surface area contributed by atoms with Crippen LogP contribution in [0.2, 0.25) is 5.02 Å². The molecular formula is C26H20ClNO. The Labute approximate surface area is 175 Å². The Bertz CT molecular complexity index is 1200. The highest BCUT2D eigenvalue weighted by Crippen LogP contribution is 2.38. The molecule has 0 fully saturated rings. The van der Waals surface area contributed by atoms with Crippen molar-refractivity contribution in [2.75, 3.05) is 5.32 Å². The molecule has 1 heterocycles. The van der Waals surface area contributed by atoms with Gasteiger partial charge in [-0.1, -0.05) is 66.7 Å². The highest BCUT2D eigenvalue weighted by Gasteiger charge is 2.14. The molecule has 0 bridgehead atoms. The van der Waals surface area contributed by atoms with E-state index in [0.717, 1.165) is 51.1 Å². The van der Waals surface area contributed by atoms with Gasteiger partial charge in [0.15, 0.2) is 0 Å². The number of nitrogens with one attached hydrogen (secondary N) is 1. The Morgan fingerprint density at radius 2 is 1.93 bits per heavy atom. The Morgan fingerprint density at radius 1 is 1.10 bits per heavy atom. The van der Waals surface area contributed by atoms with Crippen molar-refractivity contribution in [1.82, 2.24) is 0 Å². The van der Waals surface area contributed by atoms with Crippen molar-refractivity contribution in [2.24, 2.45) is 0 Å². The second-order valence-corrected chi connectivity index (χ2v) is 7.43. The topological polar surface area (TPSA) is 29.1 Å². The molecule has 3 aromatic carbocycles. The van der Waals surface area contributed by atoms with Gasteiger partial charge < -0.3 is 5.32 Å². The smallest absolute Gasteiger partial charge is 0.256 e. The molecule has 1 N–H and O–H groups in total. The van der Waals surface area contributed by atoms with Gasteiger partial charge in [-0.25, -0.2) is 0 Å². The number of carbonyl (C=O) groups is 1. The number of carbonyl (C=O) groups excluding carboxylic acids is 1. The van der Waals surface area contributed by atoms with Crippen molar-refractivity contribution in [2.45, 2.75) is 13.3 Å². The van der Waals surface area contributed by atoms with Gasteiger partial charge in [-0.3, -0.25) is 4.79 Å². The van der Waals surface area contributed by atoms with E-state index >= 15 is 0 Å². The second-order valence-electron chi connectivity index (χ2n) is 7.02. The molecule has 29 heavy (non-hydrogen) atoms. The third kappa shape index (κ3) is 3.82. The Balaban J connectivity index is 1.86. The van der Waals surface area contributed by atoms with Gasteiger partial charge in [-0.05, 0) is 70.5 Å². The van der Waals surface area contributed by atoms with E-state index in [4.69, 9.17) is 11.6 Å². The summed E-state index contributed by atoms with van der Waals surface area (Å²) in [5.41, 5.74) is 11.2. The summed E-state index contributed by atoms with van der Waals surface area (Å²) in [6.45, 7) is 5.91. The fraction of sp³-hybridized carbons (Fsp3) is 0.0769. The maximum absolute atomic E-state index is 12.0. The van der Waals surface area contributed by atoms with Crippen molar-refractivity contribution in [3.05, 3.63) is 101 Å². The lowest BCUT2D eigenvalue weighted by molar-refractivity contribution is -0.111. The van der Waals surface area contributed by atoms with Gasteiger partial charge in [0.2, 0.25) is 0 Å². The predicted octanol–water partition coefficient (Wildman–Crippen LogP) is 6.83. The van der Waals surface area contributed by atoms with Gasteiger partial charge in [0.05, 0.1) is 0 Å². The Hall–Kier alpha value is -3.32. The summed E-state index contributed by atoms with van der Waals surface area (Å²) < 4.78 is 0. The van der Waals surface area contributed by atoms with Crippen LogP contribution in [0.25, 0.3) is 28.3 Å². The first kappa shape index (κ1) is 19.0. The summed E-state index contributed by atoms with van der Waals surface area (Å²) >= 11 is 6.44. The zero-order chi connectivity index (χ0) is 20.4. The van der Waals surface area contributed by atoms with E-state index in [1.807, 2.05) is 24.3 Å². The summed E-state index contributed by atoms with van der Waals surface area (Å²) in [6, 6.07) is 18.5. The fourth-order valence-corrected chi connectivity index (χ4v) is 3.91. The van der Waals surface area contributed by atoms with E-state index < -0.39 is 0 Å². The number of anilines is 1. The molecule has 0 atom stereocenters. The first-order valence-corrected chi connectivity index (χ1v) is 9.82. The largest absolute Gasteiger partial charge is 0.322 e. The average Bonchev–Trinajstić information content (AvgIpc) is 2.70. The first-order chi connectivity index (χ1) is 14.1.